The molecule has 0 unspecified atom stereocenters. The van der Waals surface area contributed by atoms with Crippen LogP contribution in [-0.2, 0) is 6.54 Å². The maximum absolute atomic E-state index is 10.9. The molecule has 100 valence electrons. The number of carbonyl (C=O) groups is 1. The number of aryl methyl sites for hydroxylation is 2. The van der Waals surface area contributed by atoms with E-state index in [1.165, 1.54) is 6.07 Å². The van der Waals surface area contributed by atoms with Crippen molar-refractivity contribution >= 4 is 23.3 Å². The highest BCUT2D eigenvalue weighted by Crippen LogP contribution is 2.22. The SMILES string of the molecule is Cc1ccc(Cl)cc1NCc1cc(C(=O)O)c(C)o1. The zero-order chi connectivity index (χ0) is 14.0. The van der Waals surface area contributed by atoms with Crippen molar-refractivity contribution in [2.75, 3.05) is 5.32 Å². The number of hydrogen-bond donors (Lipinski definition) is 2. The molecule has 2 rings (SSSR count). The summed E-state index contributed by atoms with van der Waals surface area (Å²) in [7, 11) is 0. The molecule has 1 heterocycles. The quantitative estimate of drug-likeness (QED) is 0.892. The third-order valence-corrected chi connectivity index (χ3v) is 3.09. The molecule has 0 radical (unpaired) electrons. The highest BCUT2D eigenvalue weighted by atomic mass is 35.5. The van der Waals surface area contributed by atoms with Crippen molar-refractivity contribution in [2.24, 2.45) is 0 Å². The second-order valence-corrected chi connectivity index (χ2v) is 4.74. The lowest BCUT2D eigenvalue weighted by Crippen LogP contribution is -2.00. The number of anilines is 1. The van der Waals surface area contributed by atoms with Gasteiger partial charge in [-0.25, -0.2) is 4.79 Å². The van der Waals surface area contributed by atoms with Crippen LogP contribution in [0.3, 0.4) is 0 Å². The van der Waals surface area contributed by atoms with Crippen LogP contribution >= 0.6 is 11.6 Å². The number of rotatable bonds is 4. The zero-order valence-electron chi connectivity index (χ0n) is 10.7. The number of halogens is 1. The number of carboxylic acids is 1. The fraction of sp³-hybridized carbons (Fsp3) is 0.214. The smallest absolute Gasteiger partial charge is 0.339 e. The summed E-state index contributed by atoms with van der Waals surface area (Å²) in [4.78, 5) is 10.9. The summed E-state index contributed by atoms with van der Waals surface area (Å²) in [6.07, 6.45) is 0. The Morgan fingerprint density at radius 3 is 2.74 bits per heavy atom. The molecule has 2 aromatic rings. The van der Waals surface area contributed by atoms with Gasteiger partial charge in [-0.05, 0) is 37.6 Å². The average molecular weight is 280 g/mol. The fourth-order valence-corrected chi connectivity index (χ4v) is 1.98. The summed E-state index contributed by atoms with van der Waals surface area (Å²) >= 11 is 5.93. The molecule has 1 aromatic carbocycles. The Bertz CT molecular complexity index is 619. The first-order chi connectivity index (χ1) is 8.97. The van der Waals surface area contributed by atoms with Crippen LogP contribution in [0.15, 0.2) is 28.7 Å². The van der Waals surface area contributed by atoms with E-state index in [0.29, 0.717) is 23.1 Å². The van der Waals surface area contributed by atoms with E-state index in [-0.39, 0.29) is 5.56 Å². The lowest BCUT2D eigenvalue weighted by Gasteiger charge is -2.08. The molecule has 0 saturated carbocycles. The van der Waals surface area contributed by atoms with Gasteiger partial charge in [0.05, 0.1) is 6.54 Å². The minimum atomic E-state index is -0.980. The van der Waals surface area contributed by atoms with E-state index in [1.54, 1.807) is 6.92 Å². The van der Waals surface area contributed by atoms with Gasteiger partial charge in [0.1, 0.15) is 17.1 Å². The van der Waals surface area contributed by atoms with E-state index in [2.05, 4.69) is 5.32 Å². The molecular formula is C14H14ClNO3. The highest BCUT2D eigenvalue weighted by molar-refractivity contribution is 6.30. The third-order valence-electron chi connectivity index (χ3n) is 2.85. The molecule has 0 aliphatic heterocycles. The summed E-state index contributed by atoms with van der Waals surface area (Å²) in [5.41, 5.74) is 2.16. The van der Waals surface area contributed by atoms with Crippen molar-refractivity contribution < 1.29 is 14.3 Å². The molecule has 0 fully saturated rings. The molecule has 1 aromatic heterocycles. The maximum atomic E-state index is 10.9. The van der Waals surface area contributed by atoms with Crippen LogP contribution in [0.4, 0.5) is 5.69 Å². The molecule has 5 heteroatoms. The molecule has 2 N–H and O–H groups in total. The van der Waals surface area contributed by atoms with Gasteiger partial charge in [-0.2, -0.15) is 0 Å². The van der Waals surface area contributed by atoms with Crippen molar-refractivity contribution in [2.45, 2.75) is 20.4 Å². The van der Waals surface area contributed by atoms with Crippen molar-refractivity contribution in [1.29, 1.82) is 0 Å². The van der Waals surface area contributed by atoms with Gasteiger partial charge in [-0.3, -0.25) is 0 Å². The summed E-state index contributed by atoms with van der Waals surface area (Å²) in [5, 5.41) is 12.8. The predicted octanol–water partition coefficient (Wildman–Crippen LogP) is 3.86. The van der Waals surface area contributed by atoms with E-state index in [4.69, 9.17) is 21.1 Å². The Morgan fingerprint density at radius 1 is 1.37 bits per heavy atom. The molecular weight excluding hydrogens is 266 g/mol. The normalized spacial score (nSPS) is 10.5. The zero-order valence-corrected chi connectivity index (χ0v) is 11.4. The number of aromatic carboxylic acids is 1. The maximum Gasteiger partial charge on any atom is 0.339 e. The standard InChI is InChI=1S/C14H14ClNO3/c1-8-3-4-10(15)5-13(8)16-7-11-6-12(14(17)18)9(2)19-11/h3-6,16H,7H2,1-2H3,(H,17,18). The van der Waals surface area contributed by atoms with Gasteiger partial charge in [0.15, 0.2) is 0 Å². The van der Waals surface area contributed by atoms with Crippen molar-refractivity contribution in [1.82, 2.24) is 0 Å². The highest BCUT2D eigenvalue weighted by Gasteiger charge is 2.13. The minimum absolute atomic E-state index is 0.194. The van der Waals surface area contributed by atoms with Crippen LogP contribution in [-0.4, -0.2) is 11.1 Å². The van der Waals surface area contributed by atoms with E-state index in [0.717, 1.165) is 11.3 Å². The first-order valence-electron chi connectivity index (χ1n) is 5.80. The second kappa shape index (κ2) is 5.36. The van der Waals surface area contributed by atoms with E-state index in [9.17, 15) is 4.79 Å². The molecule has 0 atom stereocenters. The molecule has 0 amide bonds. The van der Waals surface area contributed by atoms with E-state index in [1.807, 2.05) is 25.1 Å². The van der Waals surface area contributed by atoms with Gasteiger partial charge < -0.3 is 14.8 Å². The number of benzene rings is 1. The molecule has 19 heavy (non-hydrogen) atoms. The Balaban J connectivity index is 2.12. The Morgan fingerprint density at radius 2 is 2.11 bits per heavy atom. The van der Waals surface area contributed by atoms with Crippen LogP contribution in [0.25, 0.3) is 0 Å². The monoisotopic (exact) mass is 279 g/mol. The minimum Gasteiger partial charge on any atom is -0.478 e. The molecule has 0 bridgehead atoms. The first-order valence-corrected chi connectivity index (χ1v) is 6.18. The predicted molar refractivity (Wildman–Crippen MR) is 73.9 cm³/mol. The third kappa shape index (κ3) is 3.09. The van der Waals surface area contributed by atoms with Gasteiger partial charge in [-0.1, -0.05) is 17.7 Å². The largest absolute Gasteiger partial charge is 0.478 e. The summed E-state index contributed by atoms with van der Waals surface area (Å²) in [6, 6.07) is 7.09. The second-order valence-electron chi connectivity index (χ2n) is 4.30. The van der Waals surface area contributed by atoms with Gasteiger partial charge >= 0.3 is 5.97 Å². The Kier molecular flexibility index (Phi) is 3.81. The van der Waals surface area contributed by atoms with Gasteiger partial charge in [0.25, 0.3) is 0 Å². The number of hydrogen-bond acceptors (Lipinski definition) is 3. The fourth-order valence-electron chi connectivity index (χ4n) is 1.81. The lowest BCUT2D eigenvalue weighted by molar-refractivity contribution is 0.0695. The Labute approximate surface area is 116 Å². The van der Waals surface area contributed by atoms with Crippen LogP contribution in [0.1, 0.15) is 27.4 Å². The molecule has 0 saturated heterocycles. The van der Waals surface area contributed by atoms with Crippen LogP contribution in [0, 0.1) is 13.8 Å². The van der Waals surface area contributed by atoms with Crippen molar-refractivity contribution in [3.05, 3.63) is 51.9 Å². The molecule has 0 aliphatic rings. The van der Waals surface area contributed by atoms with Crippen LogP contribution in [0.2, 0.25) is 5.02 Å². The average Bonchev–Trinajstić information content (AvgIpc) is 2.72. The molecule has 4 nitrogen and oxygen atoms in total. The van der Waals surface area contributed by atoms with E-state index < -0.39 is 5.97 Å². The summed E-state index contributed by atoms with van der Waals surface area (Å²) in [5.74, 6) is 0.00725. The molecule has 0 spiro atoms. The Hall–Kier alpha value is -1.94. The first kappa shape index (κ1) is 13.5. The number of furan rings is 1. The molecule has 0 aliphatic carbocycles. The lowest BCUT2D eigenvalue weighted by atomic mass is 10.2. The number of nitrogens with one attached hydrogen (secondary N) is 1. The number of carboxylic acid groups (broad SMARTS) is 1. The van der Waals surface area contributed by atoms with Crippen molar-refractivity contribution in [3.8, 4) is 0 Å². The van der Waals surface area contributed by atoms with Gasteiger partial charge in [-0.15, -0.1) is 0 Å². The summed E-state index contributed by atoms with van der Waals surface area (Å²) < 4.78 is 5.39. The van der Waals surface area contributed by atoms with Gasteiger partial charge in [0, 0.05) is 10.7 Å². The summed E-state index contributed by atoms with van der Waals surface area (Å²) in [6.45, 7) is 4.02. The van der Waals surface area contributed by atoms with Crippen molar-refractivity contribution in [3.63, 3.8) is 0 Å². The topological polar surface area (TPSA) is 62.5 Å². The van der Waals surface area contributed by atoms with Crippen LogP contribution in [0.5, 0.6) is 0 Å². The van der Waals surface area contributed by atoms with E-state index >= 15 is 0 Å². The van der Waals surface area contributed by atoms with Gasteiger partial charge in [0.2, 0.25) is 0 Å². The van der Waals surface area contributed by atoms with Crippen LogP contribution < -0.4 is 5.32 Å².